The first kappa shape index (κ1) is 29.3. The van der Waals surface area contributed by atoms with Crippen molar-refractivity contribution >= 4 is 38.2 Å². The SMILES string of the molecule is [C-]#[N+]c1nc(Cc2cc(Nc3ccc(F)cc3S(C)(=O)=O)c3nc(C(F)F)n(C4CCCCO4)c3n2)ccc1OCC. The summed E-state index contributed by atoms with van der Waals surface area (Å²) in [6, 6.07) is 8.07. The number of hydrogen-bond acceptors (Lipinski definition) is 8. The highest BCUT2D eigenvalue weighted by atomic mass is 32.2. The number of nitrogens with one attached hydrogen (secondary N) is 1. The van der Waals surface area contributed by atoms with Crippen molar-refractivity contribution in [1.82, 2.24) is 19.5 Å². The van der Waals surface area contributed by atoms with Crippen LogP contribution in [0.3, 0.4) is 0 Å². The van der Waals surface area contributed by atoms with E-state index in [0.717, 1.165) is 31.2 Å². The Labute approximate surface area is 240 Å². The number of halogens is 3. The second-order valence-corrected chi connectivity index (χ2v) is 11.7. The minimum Gasteiger partial charge on any atom is -0.503 e. The molecule has 0 saturated carbocycles. The van der Waals surface area contributed by atoms with Gasteiger partial charge in [0, 0.05) is 12.9 Å². The molecular formula is C28H27F3N6O4S. The smallest absolute Gasteiger partial charge is 0.312 e. The molecule has 0 aliphatic carbocycles. The van der Waals surface area contributed by atoms with E-state index in [-0.39, 0.29) is 39.7 Å². The highest BCUT2D eigenvalue weighted by molar-refractivity contribution is 7.90. The van der Waals surface area contributed by atoms with Crippen LogP contribution in [0.4, 0.5) is 30.4 Å². The zero-order chi connectivity index (χ0) is 30.0. The van der Waals surface area contributed by atoms with Crippen LogP contribution in [0.5, 0.6) is 5.75 Å². The van der Waals surface area contributed by atoms with Crippen molar-refractivity contribution in [2.45, 2.75) is 50.2 Å². The molecule has 5 rings (SSSR count). The van der Waals surface area contributed by atoms with Gasteiger partial charge in [-0.25, -0.2) is 31.6 Å². The molecule has 14 heteroatoms. The summed E-state index contributed by atoms with van der Waals surface area (Å²) in [7, 11) is -3.87. The van der Waals surface area contributed by atoms with Crippen molar-refractivity contribution in [1.29, 1.82) is 0 Å². The Bertz CT molecular complexity index is 1780. The Morgan fingerprint density at radius 2 is 1.95 bits per heavy atom. The van der Waals surface area contributed by atoms with E-state index in [0.29, 0.717) is 36.8 Å². The van der Waals surface area contributed by atoms with E-state index in [1.54, 1.807) is 25.1 Å². The number of pyridine rings is 2. The van der Waals surface area contributed by atoms with Crippen LogP contribution in [-0.4, -0.2) is 47.4 Å². The summed E-state index contributed by atoms with van der Waals surface area (Å²) in [5.41, 5.74) is 1.23. The average Bonchev–Trinajstić information content (AvgIpc) is 3.35. The molecule has 0 amide bonds. The Morgan fingerprint density at radius 1 is 1.14 bits per heavy atom. The van der Waals surface area contributed by atoms with Gasteiger partial charge in [-0.15, -0.1) is 4.98 Å². The Kier molecular flexibility index (Phi) is 8.33. The predicted octanol–water partition coefficient (Wildman–Crippen LogP) is 6.29. The van der Waals surface area contributed by atoms with E-state index in [2.05, 4.69) is 25.1 Å². The maximum absolute atomic E-state index is 14.3. The number of ether oxygens (including phenoxy) is 2. The minimum atomic E-state index is -3.87. The first-order valence-electron chi connectivity index (χ1n) is 13.2. The summed E-state index contributed by atoms with van der Waals surface area (Å²) in [6.07, 6.45) is -0.597. The highest BCUT2D eigenvalue weighted by Gasteiger charge is 2.29. The summed E-state index contributed by atoms with van der Waals surface area (Å²) in [5, 5.41) is 2.97. The van der Waals surface area contributed by atoms with Crippen LogP contribution in [-0.2, 0) is 21.0 Å². The van der Waals surface area contributed by atoms with Gasteiger partial charge in [0.2, 0.25) is 0 Å². The third-order valence-electron chi connectivity index (χ3n) is 6.64. The molecule has 4 heterocycles. The molecule has 1 aliphatic heterocycles. The largest absolute Gasteiger partial charge is 0.503 e. The van der Waals surface area contributed by atoms with Crippen molar-refractivity contribution in [3.63, 3.8) is 0 Å². The number of fused-ring (bicyclic) bond motifs is 1. The van der Waals surface area contributed by atoms with Gasteiger partial charge in [0.15, 0.2) is 21.3 Å². The molecule has 1 fully saturated rings. The monoisotopic (exact) mass is 600 g/mol. The Balaban J connectivity index is 1.69. The molecule has 1 N–H and O–H groups in total. The van der Waals surface area contributed by atoms with Gasteiger partial charge in [-0.2, -0.15) is 0 Å². The summed E-state index contributed by atoms with van der Waals surface area (Å²) in [5.74, 6) is -0.891. The number of rotatable bonds is 9. The van der Waals surface area contributed by atoms with E-state index in [1.807, 2.05) is 0 Å². The summed E-state index contributed by atoms with van der Waals surface area (Å²) in [6.45, 7) is 10.00. The standard InChI is InChI=1S/C28H27F3N6O4S/c1-4-40-21-11-9-17(33-26(21)32-2)14-18-15-20(35-19-10-8-16(29)13-22(19)42(3,38)39)24-27(34-18)37(28(36-24)25(30)31)23-7-5-6-12-41-23/h8-11,13,15,23,25H,4-7,12,14H2,1,3H3,(H,34,35). The Hall–Kier alpha value is -4.22. The molecular weight excluding hydrogens is 573 g/mol. The maximum atomic E-state index is 14.3. The summed E-state index contributed by atoms with van der Waals surface area (Å²) < 4.78 is 80.1. The number of alkyl halides is 2. The first-order valence-corrected chi connectivity index (χ1v) is 15.1. The summed E-state index contributed by atoms with van der Waals surface area (Å²) >= 11 is 0. The molecule has 10 nitrogen and oxygen atoms in total. The van der Waals surface area contributed by atoms with E-state index in [1.165, 1.54) is 10.6 Å². The van der Waals surface area contributed by atoms with Crippen LogP contribution in [0.25, 0.3) is 16.0 Å². The third-order valence-corrected chi connectivity index (χ3v) is 7.78. The van der Waals surface area contributed by atoms with E-state index in [9.17, 15) is 21.6 Å². The van der Waals surface area contributed by atoms with Gasteiger partial charge in [0.05, 0.1) is 35.0 Å². The zero-order valence-corrected chi connectivity index (χ0v) is 23.6. The third kappa shape index (κ3) is 6.02. The molecule has 220 valence electrons. The molecule has 0 bridgehead atoms. The van der Waals surface area contributed by atoms with Gasteiger partial charge in [-0.05, 0) is 62.6 Å². The number of anilines is 2. The van der Waals surface area contributed by atoms with Gasteiger partial charge < -0.3 is 19.6 Å². The van der Waals surface area contributed by atoms with Crippen molar-refractivity contribution in [3.05, 3.63) is 70.8 Å². The lowest BCUT2D eigenvalue weighted by molar-refractivity contribution is -0.0363. The normalized spacial score (nSPS) is 15.6. The predicted molar refractivity (Wildman–Crippen MR) is 149 cm³/mol. The molecule has 1 aromatic carbocycles. The molecule has 0 radical (unpaired) electrons. The lowest BCUT2D eigenvalue weighted by Crippen LogP contribution is -2.20. The fourth-order valence-electron chi connectivity index (χ4n) is 4.84. The fraction of sp³-hybridized carbons (Fsp3) is 0.357. The molecule has 0 spiro atoms. The first-order chi connectivity index (χ1) is 20.1. The fourth-order valence-corrected chi connectivity index (χ4v) is 5.69. The minimum absolute atomic E-state index is 0.0360. The van der Waals surface area contributed by atoms with Crippen molar-refractivity contribution in [2.24, 2.45) is 0 Å². The van der Waals surface area contributed by atoms with E-state index in [4.69, 9.17) is 16.0 Å². The van der Waals surface area contributed by atoms with Gasteiger partial charge in [0.25, 0.3) is 6.43 Å². The number of sulfone groups is 1. The number of aromatic nitrogens is 4. The molecule has 42 heavy (non-hydrogen) atoms. The quantitative estimate of drug-likeness (QED) is 0.223. The van der Waals surface area contributed by atoms with Crippen LogP contribution in [0, 0.1) is 12.4 Å². The summed E-state index contributed by atoms with van der Waals surface area (Å²) in [4.78, 5) is 16.4. The molecule has 4 aromatic rings. The lowest BCUT2D eigenvalue weighted by Gasteiger charge is -2.25. The van der Waals surface area contributed by atoms with Gasteiger partial charge >= 0.3 is 5.82 Å². The average molecular weight is 601 g/mol. The van der Waals surface area contributed by atoms with Crippen molar-refractivity contribution < 1.29 is 31.1 Å². The number of imidazole rings is 1. The van der Waals surface area contributed by atoms with Crippen LogP contribution >= 0.6 is 0 Å². The maximum Gasteiger partial charge on any atom is 0.312 e. The van der Waals surface area contributed by atoms with E-state index >= 15 is 0 Å². The molecule has 1 unspecified atom stereocenters. The molecule has 1 aliphatic rings. The number of nitrogens with zero attached hydrogens (tertiary/aromatic N) is 5. The van der Waals surface area contributed by atoms with Crippen LogP contribution in [0.1, 0.15) is 56.1 Å². The van der Waals surface area contributed by atoms with E-state index < -0.39 is 34.1 Å². The number of benzene rings is 1. The van der Waals surface area contributed by atoms with Crippen LogP contribution in [0.2, 0.25) is 0 Å². The van der Waals surface area contributed by atoms with Gasteiger partial charge in [-0.1, -0.05) is 6.57 Å². The van der Waals surface area contributed by atoms with Crippen molar-refractivity contribution in [3.8, 4) is 5.75 Å². The molecule has 3 aromatic heterocycles. The van der Waals surface area contributed by atoms with Gasteiger partial charge in [0.1, 0.15) is 29.0 Å². The lowest BCUT2D eigenvalue weighted by atomic mass is 10.1. The molecule has 1 atom stereocenters. The van der Waals surface area contributed by atoms with Gasteiger partial charge in [-0.3, -0.25) is 4.57 Å². The number of hydrogen-bond donors (Lipinski definition) is 1. The highest BCUT2D eigenvalue weighted by Crippen LogP contribution is 2.37. The van der Waals surface area contributed by atoms with Crippen LogP contribution in [0.15, 0.2) is 41.3 Å². The van der Waals surface area contributed by atoms with Crippen molar-refractivity contribution in [2.75, 3.05) is 24.8 Å². The second-order valence-electron chi connectivity index (χ2n) is 9.68. The second kappa shape index (κ2) is 11.9. The zero-order valence-electron chi connectivity index (χ0n) is 22.8. The topological polar surface area (TPSA) is 113 Å². The van der Waals surface area contributed by atoms with Crippen LogP contribution < -0.4 is 10.1 Å². The Morgan fingerprint density at radius 3 is 2.62 bits per heavy atom. The molecule has 1 saturated heterocycles.